The van der Waals surface area contributed by atoms with E-state index in [4.69, 9.17) is 4.74 Å². The summed E-state index contributed by atoms with van der Waals surface area (Å²) < 4.78 is 33.2. The van der Waals surface area contributed by atoms with Crippen molar-refractivity contribution in [1.29, 1.82) is 0 Å². The molecule has 2 aliphatic heterocycles. The highest BCUT2D eigenvalue weighted by Crippen LogP contribution is 2.46. The minimum absolute atomic E-state index is 0.0762. The van der Waals surface area contributed by atoms with Crippen LogP contribution in [0, 0.1) is 5.92 Å². The van der Waals surface area contributed by atoms with Crippen LogP contribution in [0.15, 0.2) is 27.6 Å². The van der Waals surface area contributed by atoms with E-state index in [0.29, 0.717) is 23.7 Å². The summed E-state index contributed by atoms with van der Waals surface area (Å²) in [5.74, 6) is -1.28. The molecule has 0 amide bonds. The van der Waals surface area contributed by atoms with Gasteiger partial charge in [0.2, 0.25) is 10.0 Å². The van der Waals surface area contributed by atoms with Crippen molar-refractivity contribution in [3.05, 3.63) is 22.7 Å². The van der Waals surface area contributed by atoms with Gasteiger partial charge in [0.15, 0.2) is 0 Å². The first kappa shape index (κ1) is 15.8. The second kappa shape index (κ2) is 5.50. The van der Waals surface area contributed by atoms with Crippen molar-refractivity contribution >= 4 is 31.9 Å². The number of hydrogen-bond acceptors (Lipinski definition) is 4. The quantitative estimate of drug-likeness (QED) is 0.851. The lowest BCUT2D eigenvalue weighted by Crippen LogP contribution is -2.38. The van der Waals surface area contributed by atoms with Gasteiger partial charge in [0, 0.05) is 16.6 Å². The molecule has 2 fully saturated rings. The van der Waals surface area contributed by atoms with Crippen LogP contribution in [0.4, 0.5) is 0 Å². The standard InChI is InChI=1S/C14H16BrNO5S/c1-21-12-5-2-8(15)6-13(12)22(19,20)16-9-3-4-11(16)10(7-9)14(17)18/h2,5-6,9-11H,3-4,7H2,1H3,(H,17,18). The first-order chi connectivity index (χ1) is 10.4. The molecule has 3 atom stereocenters. The number of halogens is 1. The van der Waals surface area contributed by atoms with Crippen LogP contribution >= 0.6 is 15.9 Å². The smallest absolute Gasteiger partial charge is 0.308 e. The molecular weight excluding hydrogens is 374 g/mol. The van der Waals surface area contributed by atoms with Crippen molar-refractivity contribution in [2.45, 2.75) is 36.2 Å². The molecule has 0 aromatic heterocycles. The normalized spacial score (nSPS) is 28.0. The summed E-state index contributed by atoms with van der Waals surface area (Å²) in [6.45, 7) is 0. The topological polar surface area (TPSA) is 83.9 Å². The molecule has 6 nitrogen and oxygen atoms in total. The summed E-state index contributed by atoms with van der Waals surface area (Å²) >= 11 is 3.27. The molecule has 8 heteroatoms. The van der Waals surface area contributed by atoms with Gasteiger partial charge in [-0.05, 0) is 37.5 Å². The highest BCUT2D eigenvalue weighted by molar-refractivity contribution is 9.10. The van der Waals surface area contributed by atoms with E-state index in [1.54, 1.807) is 12.1 Å². The second-order valence-electron chi connectivity index (χ2n) is 5.61. The number of carbonyl (C=O) groups is 1. The molecular formula is C14H16BrNO5S. The Morgan fingerprint density at radius 3 is 2.73 bits per heavy atom. The van der Waals surface area contributed by atoms with Gasteiger partial charge in [0.1, 0.15) is 10.6 Å². The van der Waals surface area contributed by atoms with Crippen molar-refractivity contribution in [2.75, 3.05) is 7.11 Å². The van der Waals surface area contributed by atoms with E-state index in [2.05, 4.69) is 15.9 Å². The molecule has 2 bridgehead atoms. The molecule has 3 unspecified atom stereocenters. The first-order valence-electron chi connectivity index (χ1n) is 6.96. The number of carboxylic acid groups (broad SMARTS) is 1. The number of nitrogens with zero attached hydrogens (tertiary/aromatic N) is 1. The molecule has 1 aromatic rings. The van der Waals surface area contributed by atoms with E-state index in [1.807, 2.05) is 0 Å². The summed E-state index contributed by atoms with van der Waals surface area (Å²) in [5, 5.41) is 9.28. The Morgan fingerprint density at radius 1 is 1.41 bits per heavy atom. The Kier molecular flexibility index (Phi) is 3.94. The Balaban J connectivity index is 2.05. The summed E-state index contributed by atoms with van der Waals surface area (Å²) in [6.07, 6.45) is 1.69. The van der Waals surface area contributed by atoms with Gasteiger partial charge in [-0.3, -0.25) is 4.79 Å². The van der Waals surface area contributed by atoms with E-state index in [0.717, 1.165) is 0 Å². The lowest BCUT2D eigenvalue weighted by Gasteiger charge is -2.23. The van der Waals surface area contributed by atoms with E-state index in [-0.39, 0.29) is 16.7 Å². The molecule has 2 aliphatic rings. The maximum absolute atomic E-state index is 13.0. The third-order valence-corrected chi connectivity index (χ3v) is 6.96. The maximum atomic E-state index is 13.0. The predicted molar refractivity (Wildman–Crippen MR) is 82.3 cm³/mol. The number of ether oxygens (including phenoxy) is 1. The molecule has 1 aromatic carbocycles. The Hall–Kier alpha value is -1.12. The number of hydrogen-bond donors (Lipinski definition) is 1. The van der Waals surface area contributed by atoms with Crippen molar-refractivity contribution in [3.8, 4) is 5.75 Å². The number of fused-ring (bicyclic) bond motifs is 2. The number of benzene rings is 1. The molecule has 120 valence electrons. The Morgan fingerprint density at radius 2 is 2.14 bits per heavy atom. The Labute approximate surface area is 137 Å². The average Bonchev–Trinajstić information content (AvgIpc) is 3.05. The van der Waals surface area contributed by atoms with Crippen LogP contribution in [0.5, 0.6) is 5.75 Å². The van der Waals surface area contributed by atoms with Crippen LogP contribution in [-0.2, 0) is 14.8 Å². The number of aliphatic carboxylic acids is 1. The fraction of sp³-hybridized carbons (Fsp3) is 0.500. The molecule has 0 radical (unpaired) electrons. The molecule has 22 heavy (non-hydrogen) atoms. The van der Waals surface area contributed by atoms with Crippen molar-refractivity contribution in [3.63, 3.8) is 0 Å². The van der Waals surface area contributed by atoms with E-state index in [1.165, 1.54) is 17.5 Å². The molecule has 0 spiro atoms. The third-order valence-electron chi connectivity index (χ3n) is 4.47. The van der Waals surface area contributed by atoms with E-state index < -0.39 is 28.0 Å². The zero-order valence-corrected chi connectivity index (χ0v) is 14.3. The molecule has 1 N–H and O–H groups in total. The maximum Gasteiger partial charge on any atom is 0.308 e. The minimum Gasteiger partial charge on any atom is -0.495 e. The molecule has 3 rings (SSSR count). The van der Waals surface area contributed by atoms with Gasteiger partial charge in [-0.15, -0.1) is 0 Å². The first-order valence-corrected chi connectivity index (χ1v) is 9.19. The second-order valence-corrected chi connectivity index (χ2v) is 8.34. The summed E-state index contributed by atoms with van der Waals surface area (Å²) in [5.41, 5.74) is 0. The van der Waals surface area contributed by atoms with Gasteiger partial charge in [-0.25, -0.2) is 8.42 Å². The van der Waals surface area contributed by atoms with Crippen LogP contribution in [0.1, 0.15) is 19.3 Å². The van der Waals surface area contributed by atoms with Crippen molar-refractivity contribution < 1.29 is 23.1 Å². The lowest BCUT2D eigenvalue weighted by atomic mass is 9.89. The average molecular weight is 390 g/mol. The SMILES string of the molecule is COc1ccc(Br)cc1S(=O)(=O)N1C2CCC1C(C(=O)O)C2. The van der Waals surface area contributed by atoms with E-state index in [9.17, 15) is 18.3 Å². The Bertz CT molecular complexity index is 720. The monoisotopic (exact) mass is 389 g/mol. The number of methoxy groups -OCH3 is 1. The zero-order valence-electron chi connectivity index (χ0n) is 11.9. The summed E-state index contributed by atoms with van der Waals surface area (Å²) in [4.78, 5) is 11.4. The highest BCUT2D eigenvalue weighted by atomic mass is 79.9. The largest absolute Gasteiger partial charge is 0.495 e. The number of rotatable bonds is 4. The van der Waals surface area contributed by atoms with Gasteiger partial charge >= 0.3 is 5.97 Å². The van der Waals surface area contributed by atoms with E-state index >= 15 is 0 Å². The minimum atomic E-state index is -3.79. The molecule has 0 aliphatic carbocycles. The molecule has 2 heterocycles. The molecule has 0 saturated carbocycles. The zero-order chi connectivity index (χ0) is 16.1. The van der Waals surface area contributed by atoms with Gasteiger partial charge in [-0.1, -0.05) is 15.9 Å². The van der Waals surface area contributed by atoms with Gasteiger partial charge in [0.05, 0.1) is 13.0 Å². The van der Waals surface area contributed by atoms with Gasteiger partial charge in [0.25, 0.3) is 0 Å². The van der Waals surface area contributed by atoms with Gasteiger partial charge < -0.3 is 9.84 Å². The predicted octanol–water partition coefficient (Wildman–Crippen LogP) is 2.08. The lowest BCUT2D eigenvalue weighted by molar-refractivity contribution is -0.142. The summed E-state index contributed by atoms with van der Waals surface area (Å²) in [6, 6.07) is 4.10. The fourth-order valence-corrected chi connectivity index (χ4v) is 6.16. The fourth-order valence-electron chi connectivity index (χ4n) is 3.54. The molecule has 2 saturated heterocycles. The number of carboxylic acids is 1. The van der Waals surface area contributed by atoms with Crippen molar-refractivity contribution in [2.24, 2.45) is 5.92 Å². The van der Waals surface area contributed by atoms with Crippen LogP contribution in [0.3, 0.4) is 0 Å². The van der Waals surface area contributed by atoms with Crippen LogP contribution in [0.2, 0.25) is 0 Å². The van der Waals surface area contributed by atoms with Crippen molar-refractivity contribution in [1.82, 2.24) is 4.31 Å². The number of sulfonamides is 1. The summed E-state index contributed by atoms with van der Waals surface area (Å²) in [7, 11) is -2.37. The van der Waals surface area contributed by atoms with Gasteiger partial charge in [-0.2, -0.15) is 4.31 Å². The third kappa shape index (κ3) is 2.33. The van der Waals surface area contributed by atoms with Crippen LogP contribution in [0.25, 0.3) is 0 Å². The van der Waals surface area contributed by atoms with Crippen LogP contribution < -0.4 is 4.74 Å². The van der Waals surface area contributed by atoms with Crippen LogP contribution in [-0.4, -0.2) is 43.0 Å². The highest BCUT2D eigenvalue weighted by Gasteiger charge is 2.54.